The Kier molecular flexibility index (Phi) is 6.03. The normalized spacial score (nSPS) is 18.9. The highest BCUT2D eigenvalue weighted by molar-refractivity contribution is 7.86. The molecule has 3 rings (SSSR count). The predicted octanol–water partition coefficient (Wildman–Crippen LogP) is 1.53. The molecule has 2 aromatic rings. The van der Waals surface area contributed by atoms with Crippen molar-refractivity contribution < 1.29 is 27.9 Å². The van der Waals surface area contributed by atoms with Crippen LogP contribution < -0.4 is 4.18 Å². The molecule has 0 aliphatic carbocycles. The molecule has 0 aromatic heterocycles. The SMILES string of the molecule is C[C@H](N1CCC(O)(c2ccccc2)CC1)C(O)(O)c1ccc(OS(C)(=O)=O)cc1. The third-order valence-electron chi connectivity index (χ3n) is 5.59. The van der Waals surface area contributed by atoms with Gasteiger partial charge in [-0.25, -0.2) is 0 Å². The van der Waals surface area contributed by atoms with E-state index in [0.717, 1.165) is 11.8 Å². The zero-order chi connectivity index (χ0) is 21.3. The topological polar surface area (TPSA) is 107 Å². The molecular weight excluding hydrogens is 394 g/mol. The van der Waals surface area contributed by atoms with Gasteiger partial charge in [0.15, 0.2) is 0 Å². The lowest BCUT2D eigenvalue weighted by Crippen LogP contribution is -2.54. The Bertz CT molecular complexity index is 919. The van der Waals surface area contributed by atoms with Crippen molar-refractivity contribution in [2.75, 3.05) is 19.3 Å². The molecule has 1 aliphatic rings. The number of benzene rings is 2. The lowest BCUT2D eigenvalue weighted by Gasteiger charge is -2.44. The Balaban J connectivity index is 1.69. The largest absolute Gasteiger partial charge is 0.385 e. The standard InChI is InChI=1S/C21H27NO6S/c1-16(21(24,25)18-8-10-19(11-9-18)28-29(2,26)27)22-14-12-20(23,13-15-22)17-6-4-3-5-7-17/h3-11,16,23-25H,12-15H2,1-2H3/t16-/m0/s1. The monoisotopic (exact) mass is 421 g/mol. The highest BCUT2D eigenvalue weighted by Crippen LogP contribution is 2.36. The van der Waals surface area contributed by atoms with Crippen LogP contribution in [0.25, 0.3) is 0 Å². The van der Waals surface area contributed by atoms with Crippen LogP contribution in [0.1, 0.15) is 30.9 Å². The van der Waals surface area contributed by atoms with E-state index in [0.29, 0.717) is 25.9 Å². The van der Waals surface area contributed by atoms with Crippen LogP contribution in [0.15, 0.2) is 54.6 Å². The molecule has 1 fully saturated rings. The van der Waals surface area contributed by atoms with Crippen LogP contribution in [0.2, 0.25) is 0 Å². The summed E-state index contributed by atoms with van der Waals surface area (Å²) >= 11 is 0. The number of likely N-dealkylation sites (tertiary alicyclic amines) is 1. The molecule has 2 aromatic carbocycles. The lowest BCUT2D eigenvalue weighted by molar-refractivity contribution is -0.218. The summed E-state index contributed by atoms with van der Waals surface area (Å²) in [7, 11) is -3.65. The van der Waals surface area contributed by atoms with Gasteiger partial charge in [0.1, 0.15) is 5.75 Å². The van der Waals surface area contributed by atoms with Crippen LogP contribution in [0.5, 0.6) is 5.75 Å². The second kappa shape index (κ2) is 8.04. The third kappa shape index (κ3) is 4.96. The van der Waals surface area contributed by atoms with Gasteiger partial charge in [-0.2, -0.15) is 8.42 Å². The Morgan fingerprint density at radius 1 is 1.03 bits per heavy atom. The molecule has 1 saturated heterocycles. The minimum atomic E-state index is -3.65. The molecule has 8 heteroatoms. The summed E-state index contributed by atoms with van der Waals surface area (Å²) in [6.45, 7) is 2.73. The molecule has 0 unspecified atom stereocenters. The summed E-state index contributed by atoms with van der Waals surface area (Å²) in [6.07, 6.45) is 1.91. The lowest BCUT2D eigenvalue weighted by atomic mass is 9.83. The van der Waals surface area contributed by atoms with Crippen molar-refractivity contribution in [3.63, 3.8) is 0 Å². The predicted molar refractivity (Wildman–Crippen MR) is 109 cm³/mol. The summed E-state index contributed by atoms with van der Waals surface area (Å²) < 4.78 is 27.2. The minimum absolute atomic E-state index is 0.102. The van der Waals surface area contributed by atoms with Gasteiger partial charge in [0, 0.05) is 18.7 Å². The summed E-state index contributed by atoms with van der Waals surface area (Å²) in [6, 6.07) is 14.5. The number of aliphatic hydroxyl groups is 3. The molecule has 1 heterocycles. The first-order valence-electron chi connectivity index (χ1n) is 9.48. The van der Waals surface area contributed by atoms with Gasteiger partial charge in [-0.3, -0.25) is 4.90 Å². The summed E-state index contributed by atoms with van der Waals surface area (Å²) in [5, 5.41) is 32.5. The summed E-state index contributed by atoms with van der Waals surface area (Å²) in [4.78, 5) is 1.93. The fraction of sp³-hybridized carbons (Fsp3) is 0.429. The molecule has 158 valence electrons. The molecule has 0 bridgehead atoms. The van der Waals surface area contributed by atoms with E-state index in [9.17, 15) is 23.7 Å². The highest BCUT2D eigenvalue weighted by atomic mass is 32.2. The first kappa shape index (κ1) is 21.7. The first-order valence-corrected chi connectivity index (χ1v) is 11.3. The maximum absolute atomic E-state index is 11.2. The smallest absolute Gasteiger partial charge is 0.306 e. The van der Waals surface area contributed by atoms with Crippen molar-refractivity contribution in [1.29, 1.82) is 0 Å². The van der Waals surface area contributed by atoms with Gasteiger partial charge in [-0.1, -0.05) is 30.3 Å². The Labute approximate surface area is 171 Å². The van der Waals surface area contributed by atoms with E-state index in [2.05, 4.69) is 0 Å². The molecule has 7 nitrogen and oxygen atoms in total. The average molecular weight is 422 g/mol. The molecule has 1 atom stereocenters. The van der Waals surface area contributed by atoms with Gasteiger partial charge < -0.3 is 19.5 Å². The van der Waals surface area contributed by atoms with Crippen LogP contribution in [-0.4, -0.2) is 54.0 Å². The number of rotatable bonds is 6. The molecule has 0 amide bonds. The number of nitrogens with zero attached hydrogens (tertiary/aromatic N) is 1. The van der Waals surface area contributed by atoms with Crippen molar-refractivity contribution in [2.45, 2.75) is 37.2 Å². The maximum Gasteiger partial charge on any atom is 0.306 e. The van der Waals surface area contributed by atoms with E-state index >= 15 is 0 Å². The third-order valence-corrected chi connectivity index (χ3v) is 6.09. The van der Waals surface area contributed by atoms with Crippen molar-refractivity contribution in [1.82, 2.24) is 4.90 Å². The molecule has 3 N–H and O–H groups in total. The fourth-order valence-corrected chi connectivity index (χ4v) is 4.21. The van der Waals surface area contributed by atoms with E-state index in [1.807, 2.05) is 35.2 Å². The molecule has 0 radical (unpaired) electrons. The minimum Gasteiger partial charge on any atom is -0.385 e. The second-order valence-corrected chi connectivity index (χ2v) is 9.22. The van der Waals surface area contributed by atoms with E-state index in [1.165, 1.54) is 24.3 Å². The van der Waals surface area contributed by atoms with E-state index in [-0.39, 0.29) is 11.3 Å². The molecule has 0 spiro atoms. The zero-order valence-corrected chi connectivity index (χ0v) is 17.3. The second-order valence-electron chi connectivity index (χ2n) is 7.65. The van der Waals surface area contributed by atoms with Crippen LogP contribution in [-0.2, 0) is 21.5 Å². The zero-order valence-electron chi connectivity index (χ0n) is 16.5. The quantitative estimate of drug-likeness (QED) is 0.480. The van der Waals surface area contributed by atoms with Crippen LogP contribution >= 0.6 is 0 Å². The van der Waals surface area contributed by atoms with Crippen LogP contribution in [0.3, 0.4) is 0 Å². The summed E-state index contributed by atoms with van der Waals surface area (Å²) in [5.74, 6) is -2.04. The average Bonchev–Trinajstić information content (AvgIpc) is 2.68. The maximum atomic E-state index is 11.2. The van der Waals surface area contributed by atoms with Gasteiger partial charge in [0.05, 0.1) is 17.9 Å². The van der Waals surface area contributed by atoms with Crippen molar-refractivity contribution in [3.8, 4) is 5.75 Å². The van der Waals surface area contributed by atoms with E-state index < -0.39 is 27.5 Å². The van der Waals surface area contributed by atoms with Crippen LogP contribution in [0.4, 0.5) is 0 Å². The fourth-order valence-electron chi connectivity index (χ4n) is 3.74. The van der Waals surface area contributed by atoms with Gasteiger partial charge in [0.2, 0.25) is 5.79 Å². The van der Waals surface area contributed by atoms with Crippen molar-refractivity contribution >= 4 is 10.1 Å². The van der Waals surface area contributed by atoms with E-state index in [4.69, 9.17) is 4.18 Å². The molecule has 0 saturated carbocycles. The Morgan fingerprint density at radius 3 is 2.10 bits per heavy atom. The Morgan fingerprint density at radius 2 is 1.59 bits per heavy atom. The van der Waals surface area contributed by atoms with Crippen molar-refractivity contribution in [3.05, 3.63) is 65.7 Å². The van der Waals surface area contributed by atoms with Gasteiger partial charge in [-0.05, 0) is 49.6 Å². The number of hydrogen-bond donors (Lipinski definition) is 3. The molecule has 29 heavy (non-hydrogen) atoms. The highest BCUT2D eigenvalue weighted by Gasteiger charge is 2.41. The van der Waals surface area contributed by atoms with E-state index in [1.54, 1.807) is 6.92 Å². The van der Waals surface area contributed by atoms with Crippen LogP contribution in [0, 0.1) is 0 Å². The molecule has 1 aliphatic heterocycles. The first-order chi connectivity index (χ1) is 13.5. The summed E-state index contributed by atoms with van der Waals surface area (Å²) in [5.41, 5.74) is 0.179. The number of hydrogen-bond acceptors (Lipinski definition) is 7. The number of piperidine rings is 1. The van der Waals surface area contributed by atoms with Gasteiger partial charge >= 0.3 is 10.1 Å². The van der Waals surface area contributed by atoms with Gasteiger partial charge in [-0.15, -0.1) is 0 Å². The Hall–Kier alpha value is -1.97. The van der Waals surface area contributed by atoms with Crippen molar-refractivity contribution in [2.24, 2.45) is 0 Å². The molecular formula is C21H27NO6S. The van der Waals surface area contributed by atoms with Gasteiger partial charge in [0.25, 0.3) is 0 Å².